The summed E-state index contributed by atoms with van der Waals surface area (Å²) in [5.41, 5.74) is 1.68. The minimum Gasteiger partial charge on any atom is -0.360 e. The second-order valence-corrected chi connectivity index (χ2v) is 6.24. The summed E-state index contributed by atoms with van der Waals surface area (Å²) in [6.07, 6.45) is 4.50. The third-order valence-electron chi connectivity index (χ3n) is 3.89. The van der Waals surface area contributed by atoms with E-state index < -0.39 is 0 Å². The summed E-state index contributed by atoms with van der Waals surface area (Å²) in [6.45, 7) is 10.8. The summed E-state index contributed by atoms with van der Waals surface area (Å²) in [5.74, 6) is 1.27. The zero-order valence-corrected chi connectivity index (χ0v) is 12.0. The maximum atomic E-state index is 12.0. The summed E-state index contributed by atoms with van der Waals surface area (Å²) < 4.78 is 5.31. The van der Waals surface area contributed by atoms with Gasteiger partial charge in [-0.2, -0.15) is 0 Å². The molecule has 0 bridgehead atoms. The fraction of sp³-hybridized carbons (Fsp3) is 0.600. The van der Waals surface area contributed by atoms with Crippen molar-refractivity contribution in [1.29, 1.82) is 0 Å². The molecule has 1 amide bonds. The van der Waals surface area contributed by atoms with Crippen molar-refractivity contribution in [2.45, 2.75) is 40.0 Å². The highest BCUT2D eigenvalue weighted by Crippen LogP contribution is 2.38. The maximum Gasteiger partial charge on any atom is 0.274 e. The molecule has 1 N–H and O–H groups in total. The lowest BCUT2D eigenvalue weighted by Crippen LogP contribution is -2.29. The van der Waals surface area contributed by atoms with E-state index in [1.165, 1.54) is 0 Å². The molecule has 0 saturated heterocycles. The molecule has 1 atom stereocenters. The monoisotopic (exact) mass is 262 g/mol. The van der Waals surface area contributed by atoms with Crippen LogP contribution in [0, 0.1) is 11.3 Å². The van der Waals surface area contributed by atoms with Crippen molar-refractivity contribution in [1.82, 2.24) is 10.5 Å². The second kappa shape index (κ2) is 5.19. The third kappa shape index (κ3) is 2.88. The molecule has 4 nitrogen and oxygen atoms in total. The van der Waals surface area contributed by atoms with Crippen LogP contribution in [0.3, 0.4) is 0 Å². The fourth-order valence-corrected chi connectivity index (χ4v) is 2.57. The van der Waals surface area contributed by atoms with Crippen LogP contribution in [-0.4, -0.2) is 17.6 Å². The largest absolute Gasteiger partial charge is 0.360 e. The highest BCUT2D eigenvalue weighted by molar-refractivity contribution is 5.93. The molecule has 1 aromatic rings. The van der Waals surface area contributed by atoms with Gasteiger partial charge in [-0.3, -0.25) is 4.79 Å². The molecule has 1 aromatic heterocycles. The van der Waals surface area contributed by atoms with Crippen molar-refractivity contribution in [3.8, 4) is 0 Å². The summed E-state index contributed by atoms with van der Waals surface area (Å²) in [7, 11) is 0. The van der Waals surface area contributed by atoms with Gasteiger partial charge in [-0.25, -0.2) is 0 Å². The van der Waals surface area contributed by atoms with Crippen molar-refractivity contribution in [3.63, 3.8) is 0 Å². The Labute approximate surface area is 114 Å². The molecule has 0 spiro atoms. The zero-order chi connectivity index (χ0) is 14.0. The lowest BCUT2D eigenvalue weighted by atomic mass is 9.71. The van der Waals surface area contributed by atoms with E-state index in [4.69, 9.17) is 4.52 Å². The first kappa shape index (κ1) is 13.8. The van der Waals surface area contributed by atoms with Gasteiger partial charge in [-0.1, -0.05) is 32.0 Å². The van der Waals surface area contributed by atoms with Crippen molar-refractivity contribution in [2.75, 3.05) is 6.54 Å². The molecule has 1 aliphatic carbocycles. The first-order valence-corrected chi connectivity index (χ1v) is 6.80. The molecule has 1 unspecified atom stereocenters. The molecule has 0 saturated carbocycles. The van der Waals surface area contributed by atoms with Gasteiger partial charge >= 0.3 is 0 Å². The minimum atomic E-state index is -0.167. The molecule has 104 valence electrons. The van der Waals surface area contributed by atoms with E-state index in [-0.39, 0.29) is 11.3 Å². The van der Waals surface area contributed by atoms with Crippen LogP contribution in [0.25, 0.3) is 0 Å². The average molecular weight is 262 g/mol. The van der Waals surface area contributed by atoms with E-state index in [1.54, 1.807) is 6.08 Å². The standard InChI is InChI=1S/C15H22N2O2/c1-5-8-16-14(18)13-11-9-10(15(2,3)4)6-7-12(11)19-17-13/h5,10H,1,6-9H2,2-4H3,(H,16,18). The van der Waals surface area contributed by atoms with Gasteiger partial charge in [0, 0.05) is 18.5 Å². The van der Waals surface area contributed by atoms with Crippen LogP contribution in [0.5, 0.6) is 0 Å². The Balaban J connectivity index is 2.20. The maximum absolute atomic E-state index is 12.0. The Kier molecular flexibility index (Phi) is 3.78. The van der Waals surface area contributed by atoms with Gasteiger partial charge in [0.15, 0.2) is 5.69 Å². The Morgan fingerprint density at radius 1 is 1.58 bits per heavy atom. The predicted molar refractivity (Wildman–Crippen MR) is 74.0 cm³/mol. The number of aryl methyl sites for hydroxylation is 1. The quantitative estimate of drug-likeness (QED) is 0.852. The van der Waals surface area contributed by atoms with Gasteiger partial charge in [0.05, 0.1) is 0 Å². The summed E-state index contributed by atoms with van der Waals surface area (Å²) >= 11 is 0. The molecule has 2 rings (SSSR count). The number of fused-ring (bicyclic) bond motifs is 1. The number of hydrogen-bond donors (Lipinski definition) is 1. The fourth-order valence-electron chi connectivity index (χ4n) is 2.57. The number of hydrogen-bond acceptors (Lipinski definition) is 3. The van der Waals surface area contributed by atoms with Gasteiger partial charge < -0.3 is 9.84 Å². The molecule has 0 fully saturated rings. The van der Waals surface area contributed by atoms with E-state index in [9.17, 15) is 4.79 Å². The highest BCUT2D eigenvalue weighted by atomic mass is 16.5. The Hall–Kier alpha value is -1.58. The van der Waals surface area contributed by atoms with E-state index in [0.29, 0.717) is 18.2 Å². The van der Waals surface area contributed by atoms with E-state index >= 15 is 0 Å². The van der Waals surface area contributed by atoms with Gasteiger partial charge in [0.25, 0.3) is 5.91 Å². The smallest absolute Gasteiger partial charge is 0.274 e. The van der Waals surface area contributed by atoms with Gasteiger partial charge in [0.2, 0.25) is 0 Å². The van der Waals surface area contributed by atoms with Crippen LogP contribution >= 0.6 is 0 Å². The van der Waals surface area contributed by atoms with Crippen LogP contribution in [0.4, 0.5) is 0 Å². The first-order chi connectivity index (χ1) is 8.93. The van der Waals surface area contributed by atoms with Crippen molar-refractivity contribution in [3.05, 3.63) is 29.7 Å². The topological polar surface area (TPSA) is 55.1 Å². The van der Waals surface area contributed by atoms with Crippen LogP contribution in [0.2, 0.25) is 0 Å². The number of rotatable bonds is 3. The molecule has 19 heavy (non-hydrogen) atoms. The lowest BCUT2D eigenvalue weighted by Gasteiger charge is -2.33. The summed E-state index contributed by atoms with van der Waals surface area (Å²) in [5, 5.41) is 6.70. The second-order valence-electron chi connectivity index (χ2n) is 6.24. The highest BCUT2D eigenvalue weighted by Gasteiger charge is 2.33. The first-order valence-electron chi connectivity index (χ1n) is 6.80. The van der Waals surface area contributed by atoms with Crippen LogP contribution in [0.15, 0.2) is 17.2 Å². The van der Waals surface area contributed by atoms with Crippen LogP contribution in [-0.2, 0) is 12.8 Å². The normalized spacial score (nSPS) is 18.8. The summed E-state index contributed by atoms with van der Waals surface area (Å²) in [6, 6.07) is 0. The average Bonchev–Trinajstić information content (AvgIpc) is 2.77. The van der Waals surface area contributed by atoms with E-state index in [0.717, 1.165) is 30.6 Å². The Morgan fingerprint density at radius 2 is 2.32 bits per heavy atom. The van der Waals surface area contributed by atoms with Gasteiger partial charge in [0.1, 0.15) is 5.76 Å². The lowest BCUT2D eigenvalue weighted by molar-refractivity contribution is 0.0947. The van der Waals surface area contributed by atoms with Crippen LogP contribution < -0.4 is 5.32 Å². The number of aromatic nitrogens is 1. The molecule has 0 aliphatic heterocycles. The number of amides is 1. The SMILES string of the molecule is C=CCNC(=O)c1noc2c1CC(C(C)(C)C)CC2. The molecular formula is C15H22N2O2. The van der Waals surface area contributed by atoms with Crippen molar-refractivity contribution >= 4 is 5.91 Å². The molecule has 0 radical (unpaired) electrons. The van der Waals surface area contributed by atoms with Gasteiger partial charge in [-0.05, 0) is 24.2 Å². The van der Waals surface area contributed by atoms with E-state index in [2.05, 4.69) is 37.8 Å². The molecule has 4 heteroatoms. The molecule has 1 heterocycles. The zero-order valence-electron chi connectivity index (χ0n) is 12.0. The van der Waals surface area contributed by atoms with Crippen molar-refractivity contribution in [2.24, 2.45) is 11.3 Å². The number of carbonyl (C=O) groups excluding carboxylic acids is 1. The molecule has 1 aliphatic rings. The molecular weight excluding hydrogens is 240 g/mol. The Bertz CT molecular complexity index is 483. The third-order valence-corrected chi connectivity index (χ3v) is 3.89. The van der Waals surface area contributed by atoms with Gasteiger partial charge in [-0.15, -0.1) is 6.58 Å². The van der Waals surface area contributed by atoms with Crippen molar-refractivity contribution < 1.29 is 9.32 Å². The Morgan fingerprint density at radius 3 is 2.95 bits per heavy atom. The number of carbonyl (C=O) groups is 1. The van der Waals surface area contributed by atoms with E-state index in [1.807, 2.05) is 0 Å². The summed E-state index contributed by atoms with van der Waals surface area (Å²) in [4.78, 5) is 12.0. The number of nitrogens with one attached hydrogen (secondary N) is 1. The minimum absolute atomic E-state index is 0.167. The predicted octanol–water partition coefficient (Wildman–Crippen LogP) is 2.74. The number of nitrogens with zero attached hydrogens (tertiary/aromatic N) is 1. The van der Waals surface area contributed by atoms with Crippen LogP contribution in [0.1, 0.15) is 49.0 Å². The molecule has 0 aromatic carbocycles.